The van der Waals surface area contributed by atoms with E-state index in [4.69, 9.17) is 13.9 Å². The maximum absolute atomic E-state index is 13.1. The fraction of sp³-hybridized carbons (Fsp3) is 0.318. The molecule has 0 aliphatic carbocycles. The minimum Gasteiger partial charge on any atom is -0.497 e. The first-order valence-electron chi connectivity index (χ1n) is 9.29. The number of ether oxygens (including phenoxy) is 2. The molecule has 3 aromatic rings. The fourth-order valence-corrected chi connectivity index (χ4v) is 3.59. The van der Waals surface area contributed by atoms with E-state index in [0.717, 1.165) is 29.7 Å². The molecule has 6 heteroatoms. The Kier molecular flexibility index (Phi) is 4.73. The highest BCUT2D eigenvalue weighted by Gasteiger charge is 2.47. The van der Waals surface area contributed by atoms with Gasteiger partial charge in [-0.1, -0.05) is 18.2 Å². The van der Waals surface area contributed by atoms with Crippen molar-refractivity contribution in [3.63, 3.8) is 0 Å². The molecule has 2 aromatic carbocycles. The quantitative estimate of drug-likeness (QED) is 0.699. The van der Waals surface area contributed by atoms with E-state index in [0.29, 0.717) is 23.7 Å². The van der Waals surface area contributed by atoms with Crippen molar-refractivity contribution >= 4 is 22.6 Å². The smallest absolute Gasteiger partial charge is 0.244 e. The Morgan fingerprint density at radius 2 is 2.00 bits per heavy atom. The molecule has 2 heterocycles. The number of nitrogens with one attached hydrogen (secondary N) is 1. The first kappa shape index (κ1) is 18.4. The van der Waals surface area contributed by atoms with Crippen molar-refractivity contribution in [2.24, 2.45) is 0 Å². The lowest BCUT2D eigenvalue weighted by molar-refractivity contribution is -0.136. The van der Waals surface area contributed by atoms with E-state index < -0.39 is 5.54 Å². The van der Waals surface area contributed by atoms with E-state index in [1.165, 1.54) is 0 Å². The van der Waals surface area contributed by atoms with Crippen molar-refractivity contribution in [2.45, 2.75) is 25.4 Å². The van der Waals surface area contributed by atoms with Crippen molar-refractivity contribution in [2.75, 3.05) is 26.1 Å². The van der Waals surface area contributed by atoms with Crippen LogP contribution in [0.2, 0.25) is 0 Å². The van der Waals surface area contributed by atoms with Crippen LogP contribution in [0.5, 0.6) is 11.5 Å². The average Bonchev–Trinajstić information content (AvgIpc) is 3.13. The normalized spacial score (nSPS) is 19.2. The lowest BCUT2D eigenvalue weighted by Gasteiger charge is -2.48. The molecule has 6 nitrogen and oxygen atoms in total. The van der Waals surface area contributed by atoms with Gasteiger partial charge in [-0.05, 0) is 37.6 Å². The number of methoxy groups -OCH3 is 2. The Morgan fingerprint density at radius 3 is 2.68 bits per heavy atom. The third-order valence-corrected chi connectivity index (χ3v) is 5.53. The zero-order valence-electron chi connectivity index (χ0n) is 16.3. The van der Waals surface area contributed by atoms with E-state index in [1.54, 1.807) is 32.4 Å². The number of carbonyl (C=O) groups is 1. The number of para-hydroxylation sites is 1. The zero-order valence-corrected chi connectivity index (χ0v) is 16.3. The van der Waals surface area contributed by atoms with Gasteiger partial charge in [-0.2, -0.15) is 0 Å². The molecule has 1 saturated heterocycles. The van der Waals surface area contributed by atoms with Crippen LogP contribution in [0.3, 0.4) is 0 Å². The summed E-state index contributed by atoms with van der Waals surface area (Å²) >= 11 is 0. The van der Waals surface area contributed by atoms with Gasteiger partial charge in [0.05, 0.1) is 32.0 Å². The van der Waals surface area contributed by atoms with Gasteiger partial charge in [0.1, 0.15) is 22.8 Å². The molecule has 0 saturated carbocycles. The van der Waals surface area contributed by atoms with E-state index in [-0.39, 0.29) is 5.91 Å². The number of likely N-dealkylation sites (tertiary alicyclic amines) is 1. The molecule has 0 spiro atoms. The number of anilines is 1. The Balaban J connectivity index is 1.51. The third-order valence-electron chi connectivity index (χ3n) is 5.53. The van der Waals surface area contributed by atoms with Crippen LogP contribution in [0.1, 0.15) is 19.1 Å². The molecule has 146 valence electrons. The molecule has 0 bridgehead atoms. The summed E-state index contributed by atoms with van der Waals surface area (Å²) < 4.78 is 16.6. The summed E-state index contributed by atoms with van der Waals surface area (Å²) in [5.41, 5.74) is 0.863. The van der Waals surface area contributed by atoms with Gasteiger partial charge in [-0.25, -0.2) is 0 Å². The lowest BCUT2D eigenvalue weighted by Crippen LogP contribution is -2.63. The summed E-state index contributed by atoms with van der Waals surface area (Å²) in [5, 5.41) is 4.08. The summed E-state index contributed by atoms with van der Waals surface area (Å²) in [7, 11) is 3.17. The first-order chi connectivity index (χ1) is 13.5. The van der Waals surface area contributed by atoms with Gasteiger partial charge in [0, 0.05) is 18.0 Å². The predicted octanol–water partition coefficient (Wildman–Crippen LogP) is 4.05. The minimum atomic E-state index is -0.604. The van der Waals surface area contributed by atoms with Gasteiger partial charge < -0.3 is 19.2 Å². The molecule has 4 rings (SSSR count). The summed E-state index contributed by atoms with van der Waals surface area (Å²) in [6.07, 6.45) is 0.783. The van der Waals surface area contributed by atoms with Gasteiger partial charge in [-0.3, -0.25) is 9.69 Å². The maximum Gasteiger partial charge on any atom is 0.244 e. The fourth-order valence-electron chi connectivity index (χ4n) is 3.59. The molecule has 1 aromatic heterocycles. The van der Waals surface area contributed by atoms with Crippen LogP contribution in [-0.2, 0) is 11.3 Å². The number of amides is 1. The number of hydrogen-bond donors (Lipinski definition) is 1. The second kappa shape index (κ2) is 7.20. The van der Waals surface area contributed by atoms with Crippen molar-refractivity contribution in [3.05, 3.63) is 54.3 Å². The van der Waals surface area contributed by atoms with E-state index in [1.807, 2.05) is 37.3 Å². The van der Waals surface area contributed by atoms with Crippen LogP contribution in [0.4, 0.5) is 5.69 Å². The summed E-state index contributed by atoms with van der Waals surface area (Å²) in [6.45, 7) is 3.39. The Labute approximate surface area is 164 Å². The molecule has 1 atom stereocenters. The molecule has 1 N–H and O–H groups in total. The standard InChI is InChI=1S/C22H24N2O4/c1-22(21(25)23-18-13-16(26-2)8-9-20(18)27-3)10-11-24(22)14-17-12-15-6-4-5-7-19(15)28-17/h4-9,12-13H,10-11,14H2,1-3H3,(H,23,25). The monoisotopic (exact) mass is 380 g/mol. The second-order valence-corrected chi connectivity index (χ2v) is 7.22. The SMILES string of the molecule is COc1ccc(OC)c(NC(=O)C2(C)CCN2Cc2cc3ccccc3o2)c1. The van der Waals surface area contributed by atoms with E-state index in [9.17, 15) is 4.79 Å². The van der Waals surface area contributed by atoms with Crippen LogP contribution in [-0.4, -0.2) is 37.1 Å². The number of nitrogens with zero attached hydrogens (tertiary/aromatic N) is 1. The zero-order chi connectivity index (χ0) is 19.7. The Hall–Kier alpha value is -2.99. The predicted molar refractivity (Wildman–Crippen MR) is 108 cm³/mol. The van der Waals surface area contributed by atoms with Crippen molar-refractivity contribution in [1.29, 1.82) is 0 Å². The number of furan rings is 1. The molecule has 1 aliphatic heterocycles. The van der Waals surface area contributed by atoms with Crippen molar-refractivity contribution in [3.8, 4) is 11.5 Å². The maximum atomic E-state index is 13.1. The molecule has 1 unspecified atom stereocenters. The number of fused-ring (bicyclic) bond motifs is 1. The van der Waals surface area contributed by atoms with Gasteiger partial charge in [0.2, 0.25) is 5.91 Å². The topological polar surface area (TPSA) is 63.9 Å². The van der Waals surface area contributed by atoms with Crippen LogP contribution < -0.4 is 14.8 Å². The summed E-state index contributed by atoms with van der Waals surface area (Å²) in [6, 6.07) is 15.3. The Morgan fingerprint density at radius 1 is 1.18 bits per heavy atom. The van der Waals surface area contributed by atoms with E-state index in [2.05, 4.69) is 10.2 Å². The summed E-state index contributed by atoms with van der Waals surface area (Å²) in [4.78, 5) is 15.2. The first-order valence-corrected chi connectivity index (χ1v) is 9.29. The highest BCUT2D eigenvalue weighted by Crippen LogP contribution is 2.36. The van der Waals surface area contributed by atoms with Gasteiger partial charge in [-0.15, -0.1) is 0 Å². The van der Waals surface area contributed by atoms with Crippen LogP contribution in [0.15, 0.2) is 52.9 Å². The Bertz CT molecular complexity index is 980. The molecule has 28 heavy (non-hydrogen) atoms. The molecule has 0 radical (unpaired) electrons. The van der Waals surface area contributed by atoms with Crippen LogP contribution in [0, 0.1) is 0 Å². The van der Waals surface area contributed by atoms with Gasteiger partial charge >= 0.3 is 0 Å². The number of hydrogen-bond acceptors (Lipinski definition) is 5. The lowest BCUT2D eigenvalue weighted by atomic mass is 9.85. The van der Waals surface area contributed by atoms with Gasteiger partial charge in [0.15, 0.2) is 0 Å². The minimum absolute atomic E-state index is 0.0681. The molecular weight excluding hydrogens is 356 g/mol. The van der Waals surface area contributed by atoms with Crippen molar-refractivity contribution in [1.82, 2.24) is 4.90 Å². The number of carbonyl (C=O) groups excluding carboxylic acids is 1. The van der Waals surface area contributed by atoms with Crippen molar-refractivity contribution < 1.29 is 18.7 Å². The van der Waals surface area contributed by atoms with Crippen LogP contribution in [0.25, 0.3) is 11.0 Å². The number of benzene rings is 2. The molecular formula is C22H24N2O4. The highest BCUT2D eigenvalue weighted by molar-refractivity contribution is 5.99. The highest BCUT2D eigenvalue weighted by atomic mass is 16.5. The third kappa shape index (κ3) is 3.20. The summed E-state index contributed by atoms with van der Waals surface area (Å²) in [5.74, 6) is 2.05. The van der Waals surface area contributed by atoms with Gasteiger partial charge in [0.25, 0.3) is 0 Å². The second-order valence-electron chi connectivity index (χ2n) is 7.22. The van der Waals surface area contributed by atoms with Crippen LogP contribution >= 0.6 is 0 Å². The van der Waals surface area contributed by atoms with E-state index >= 15 is 0 Å². The average molecular weight is 380 g/mol. The molecule has 1 amide bonds. The molecule has 1 aliphatic rings. The molecule has 1 fully saturated rings. The largest absolute Gasteiger partial charge is 0.497 e. The number of rotatable bonds is 6.